The van der Waals surface area contributed by atoms with Crippen LogP contribution in [0.1, 0.15) is 40.0 Å². The molecule has 1 unspecified atom stereocenters. The van der Waals surface area contributed by atoms with Gasteiger partial charge in [-0.2, -0.15) is 0 Å². The van der Waals surface area contributed by atoms with Crippen LogP contribution in [0.15, 0.2) is 0 Å². The largest absolute Gasteiger partial charge is 0.444 e. The number of rotatable bonds is 0. The van der Waals surface area contributed by atoms with Crippen molar-refractivity contribution in [1.82, 2.24) is 4.90 Å². The molecule has 17 heavy (non-hydrogen) atoms. The molecule has 0 bridgehead atoms. The van der Waals surface area contributed by atoms with Crippen molar-refractivity contribution in [1.29, 1.82) is 0 Å². The fraction of sp³-hybridized carbons (Fsp3) is 0.923. The first-order valence-electron chi connectivity index (χ1n) is 6.53. The van der Waals surface area contributed by atoms with Gasteiger partial charge in [-0.25, -0.2) is 4.79 Å². The Balaban J connectivity index is 1.95. The predicted molar refractivity (Wildman–Crippen MR) is 64.6 cm³/mol. The third-order valence-corrected chi connectivity index (χ3v) is 3.71. The molecular formula is C13H23NO3. The van der Waals surface area contributed by atoms with Gasteiger partial charge < -0.3 is 14.7 Å². The third kappa shape index (κ3) is 2.92. The van der Waals surface area contributed by atoms with Crippen LogP contribution in [0.25, 0.3) is 0 Å². The molecule has 1 amide bonds. The van der Waals surface area contributed by atoms with E-state index in [1.165, 1.54) is 0 Å². The highest BCUT2D eigenvalue weighted by Crippen LogP contribution is 2.36. The monoisotopic (exact) mass is 241 g/mol. The fourth-order valence-electron chi connectivity index (χ4n) is 2.92. The zero-order valence-corrected chi connectivity index (χ0v) is 11.0. The second-order valence-electron chi connectivity index (χ2n) is 6.31. The highest BCUT2D eigenvalue weighted by atomic mass is 16.6. The quantitative estimate of drug-likeness (QED) is 0.706. The summed E-state index contributed by atoms with van der Waals surface area (Å²) in [6, 6.07) is 0. The van der Waals surface area contributed by atoms with E-state index in [0.29, 0.717) is 12.5 Å². The number of amides is 1. The summed E-state index contributed by atoms with van der Waals surface area (Å²) in [4.78, 5) is 13.7. The van der Waals surface area contributed by atoms with Gasteiger partial charge in [0.1, 0.15) is 5.60 Å². The topological polar surface area (TPSA) is 49.8 Å². The van der Waals surface area contributed by atoms with Crippen molar-refractivity contribution < 1.29 is 14.6 Å². The van der Waals surface area contributed by atoms with Gasteiger partial charge in [0.05, 0.1) is 6.10 Å². The van der Waals surface area contributed by atoms with Gasteiger partial charge in [0.2, 0.25) is 0 Å². The molecule has 3 atom stereocenters. The molecule has 4 heteroatoms. The number of hydrogen-bond donors (Lipinski definition) is 1. The SMILES string of the molecule is CC(C)(C)OC(=O)N1C[C@H]2CCCC(O)[C@@H]2C1. The lowest BCUT2D eigenvalue weighted by Gasteiger charge is -2.28. The van der Waals surface area contributed by atoms with E-state index in [9.17, 15) is 9.90 Å². The molecule has 98 valence electrons. The lowest BCUT2D eigenvalue weighted by molar-refractivity contribution is 0.0263. The standard InChI is InChI=1S/C13H23NO3/c1-13(2,3)17-12(16)14-7-9-5-4-6-11(15)10(9)8-14/h9-11,15H,4-8H2,1-3H3/t9-,10-,11?/m1/s1. The van der Waals surface area contributed by atoms with Gasteiger partial charge >= 0.3 is 6.09 Å². The Morgan fingerprint density at radius 1 is 1.29 bits per heavy atom. The Labute approximate surface area is 103 Å². The van der Waals surface area contributed by atoms with Gasteiger partial charge in [-0.1, -0.05) is 6.42 Å². The van der Waals surface area contributed by atoms with Crippen molar-refractivity contribution in [2.75, 3.05) is 13.1 Å². The number of aliphatic hydroxyl groups is 1. The fourth-order valence-corrected chi connectivity index (χ4v) is 2.92. The first kappa shape index (κ1) is 12.7. The zero-order chi connectivity index (χ0) is 12.6. The lowest BCUT2D eigenvalue weighted by Crippen LogP contribution is -2.36. The van der Waals surface area contributed by atoms with Crippen LogP contribution in [0.3, 0.4) is 0 Å². The Kier molecular flexibility index (Phi) is 3.34. The molecule has 1 aliphatic heterocycles. The lowest BCUT2D eigenvalue weighted by atomic mass is 9.80. The Morgan fingerprint density at radius 2 is 2.00 bits per heavy atom. The first-order valence-corrected chi connectivity index (χ1v) is 6.53. The minimum Gasteiger partial charge on any atom is -0.444 e. The molecule has 1 saturated carbocycles. The average molecular weight is 241 g/mol. The third-order valence-electron chi connectivity index (χ3n) is 3.71. The Bertz CT molecular complexity index is 298. The number of hydrogen-bond acceptors (Lipinski definition) is 3. The van der Waals surface area contributed by atoms with Crippen LogP contribution in [-0.2, 0) is 4.74 Å². The Morgan fingerprint density at radius 3 is 2.59 bits per heavy atom. The van der Waals surface area contributed by atoms with Crippen LogP contribution in [-0.4, -0.2) is 40.9 Å². The van der Waals surface area contributed by atoms with Crippen molar-refractivity contribution in [3.05, 3.63) is 0 Å². The van der Waals surface area contributed by atoms with E-state index >= 15 is 0 Å². The molecule has 2 rings (SSSR count). The van der Waals surface area contributed by atoms with Crippen molar-refractivity contribution in [2.24, 2.45) is 11.8 Å². The minimum atomic E-state index is -0.441. The summed E-state index contributed by atoms with van der Waals surface area (Å²) in [5, 5.41) is 9.93. The number of carbonyl (C=O) groups is 1. The summed E-state index contributed by atoms with van der Waals surface area (Å²) in [6.45, 7) is 7.03. The van der Waals surface area contributed by atoms with Crippen LogP contribution in [0.4, 0.5) is 4.79 Å². The predicted octanol–water partition coefficient (Wildman–Crippen LogP) is 2.01. The Hall–Kier alpha value is -0.770. The molecule has 4 nitrogen and oxygen atoms in total. The molecule has 2 fully saturated rings. The van der Waals surface area contributed by atoms with Gasteiger partial charge in [0.25, 0.3) is 0 Å². The van der Waals surface area contributed by atoms with Crippen LogP contribution in [0.2, 0.25) is 0 Å². The second kappa shape index (κ2) is 4.48. The molecule has 2 aliphatic rings. The maximum Gasteiger partial charge on any atom is 0.410 e. The molecule has 0 aromatic rings. The van der Waals surface area contributed by atoms with Crippen molar-refractivity contribution in [3.8, 4) is 0 Å². The maximum atomic E-state index is 11.9. The second-order valence-corrected chi connectivity index (χ2v) is 6.31. The van der Waals surface area contributed by atoms with Gasteiger partial charge in [-0.3, -0.25) is 0 Å². The summed E-state index contributed by atoms with van der Waals surface area (Å²) in [7, 11) is 0. The number of ether oxygens (including phenoxy) is 1. The van der Waals surface area contributed by atoms with E-state index in [4.69, 9.17) is 4.74 Å². The molecule has 0 aromatic heterocycles. The van der Waals surface area contributed by atoms with Crippen molar-refractivity contribution in [2.45, 2.75) is 51.7 Å². The molecule has 1 aliphatic carbocycles. The molecule has 1 saturated heterocycles. The number of carbonyl (C=O) groups excluding carboxylic acids is 1. The van der Waals surface area contributed by atoms with Crippen LogP contribution in [0.5, 0.6) is 0 Å². The van der Waals surface area contributed by atoms with Gasteiger partial charge in [0, 0.05) is 19.0 Å². The molecule has 1 N–H and O–H groups in total. The van der Waals surface area contributed by atoms with Crippen LogP contribution in [0, 0.1) is 11.8 Å². The molecule has 0 aromatic carbocycles. The van der Waals surface area contributed by atoms with Crippen molar-refractivity contribution >= 4 is 6.09 Å². The van der Waals surface area contributed by atoms with E-state index in [-0.39, 0.29) is 18.1 Å². The van der Waals surface area contributed by atoms with E-state index in [1.807, 2.05) is 20.8 Å². The highest BCUT2D eigenvalue weighted by molar-refractivity contribution is 5.68. The van der Waals surface area contributed by atoms with Crippen LogP contribution < -0.4 is 0 Å². The summed E-state index contributed by atoms with van der Waals surface area (Å²) >= 11 is 0. The number of nitrogens with zero attached hydrogens (tertiary/aromatic N) is 1. The van der Waals surface area contributed by atoms with E-state index in [1.54, 1.807) is 4.90 Å². The van der Waals surface area contributed by atoms with E-state index < -0.39 is 5.60 Å². The molecule has 1 heterocycles. The molecular weight excluding hydrogens is 218 g/mol. The average Bonchev–Trinajstić information content (AvgIpc) is 2.60. The molecule has 0 radical (unpaired) electrons. The number of fused-ring (bicyclic) bond motifs is 1. The first-order chi connectivity index (χ1) is 7.87. The summed E-state index contributed by atoms with van der Waals surface area (Å²) in [5.74, 6) is 0.725. The van der Waals surface area contributed by atoms with E-state index in [0.717, 1.165) is 25.8 Å². The van der Waals surface area contributed by atoms with Gasteiger partial charge in [0.15, 0.2) is 0 Å². The van der Waals surface area contributed by atoms with E-state index in [2.05, 4.69) is 0 Å². The number of aliphatic hydroxyl groups excluding tert-OH is 1. The normalized spacial score (nSPS) is 33.4. The summed E-state index contributed by atoms with van der Waals surface area (Å²) in [6.07, 6.45) is 2.61. The number of likely N-dealkylation sites (tertiary alicyclic amines) is 1. The maximum absolute atomic E-state index is 11.9. The van der Waals surface area contributed by atoms with Gasteiger partial charge in [-0.15, -0.1) is 0 Å². The highest BCUT2D eigenvalue weighted by Gasteiger charge is 2.42. The summed E-state index contributed by atoms with van der Waals surface area (Å²) < 4.78 is 5.37. The zero-order valence-electron chi connectivity index (χ0n) is 11.0. The van der Waals surface area contributed by atoms with Gasteiger partial charge in [-0.05, 0) is 39.5 Å². The van der Waals surface area contributed by atoms with Crippen LogP contribution >= 0.6 is 0 Å². The minimum absolute atomic E-state index is 0.235. The summed E-state index contributed by atoms with van der Waals surface area (Å²) in [5.41, 5.74) is -0.441. The smallest absolute Gasteiger partial charge is 0.410 e. The van der Waals surface area contributed by atoms with Crippen molar-refractivity contribution in [3.63, 3.8) is 0 Å². The molecule has 0 spiro atoms.